The Hall–Kier alpha value is -3.06. The van der Waals surface area contributed by atoms with Gasteiger partial charge in [-0.25, -0.2) is 0 Å². The van der Waals surface area contributed by atoms with Crippen molar-refractivity contribution in [3.05, 3.63) is 106 Å². The molecule has 0 spiro atoms. The molecule has 172 valence electrons. The Labute approximate surface area is 213 Å². The maximum atomic E-state index is 10.8. The van der Waals surface area contributed by atoms with Crippen molar-refractivity contribution in [2.75, 3.05) is 4.90 Å². The van der Waals surface area contributed by atoms with Crippen LogP contribution in [0.4, 0.5) is 5.69 Å². The summed E-state index contributed by atoms with van der Waals surface area (Å²) in [7, 11) is 0. The van der Waals surface area contributed by atoms with E-state index in [4.69, 9.17) is 35.4 Å². The molecule has 2 aromatic heterocycles. The average Bonchev–Trinajstić information content (AvgIpc) is 3.32. The molecule has 0 unspecified atom stereocenters. The molecule has 5 rings (SSSR count). The minimum Gasteiger partial charge on any atom is -0.506 e. The molecule has 0 amide bonds. The molecule has 5 nitrogen and oxygen atoms in total. The number of anilines is 1. The molecule has 0 aliphatic carbocycles. The van der Waals surface area contributed by atoms with Gasteiger partial charge in [-0.3, -0.25) is 4.98 Å². The molecule has 4 aromatic rings. The van der Waals surface area contributed by atoms with Crippen molar-refractivity contribution in [3.8, 4) is 11.4 Å². The lowest BCUT2D eigenvalue weighted by molar-refractivity contribution is 0.472. The maximum absolute atomic E-state index is 10.8. The molecule has 2 N–H and O–H groups in total. The topological polar surface area (TPSA) is 53.3 Å². The number of aromatic nitrogens is 2. The van der Waals surface area contributed by atoms with Crippen LogP contribution in [0.15, 0.2) is 72.9 Å². The van der Waals surface area contributed by atoms with Gasteiger partial charge >= 0.3 is 0 Å². The Morgan fingerprint density at radius 3 is 2.47 bits per heavy atom. The molecule has 34 heavy (non-hydrogen) atoms. The van der Waals surface area contributed by atoms with Gasteiger partial charge in [0.2, 0.25) is 0 Å². The molecular formula is C26H22Cl2N4OS. The number of para-hydroxylation sites is 1. The van der Waals surface area contributed by atoms with E-state index in [1.165, 1.54) is 0 Å². The van der Waals surface area contributed by atoms with Crippen LogP contribution in [-0.2, 0) is 0 Å². The number of pyridine rings is 1. The summed E-state index contributed by atoms with van der Waals surface area (Å²) in [6.45, 7) is 4.12. The summed E-state index contributed by atoms with van der Waals surface area (Å²) < 4.78 is 2.14. The molecule has 2 aromatic carbocycles. The van der Waals surface area contributed by atoms with Crippen LogP contribution in [0.3, 0.4) is 0 Å². The number of aryl methyl sites for hydroxylation is 1. The van der Waals surface area contributed by atoms with E-state index in [2.05, 4.69) is 34.8 Å². The van der Waals surface area contributed by atoms with Crippen LogP contribution < -0.4 is 10.2 Å². The van der Waals surface area contributed by atoms with Gasteiger partial charge in [-0.1, -0.05) is 41.4 Å². The Balaban J connectivity index is 1.72. The van der Waals surface area contributed by atoms with Crippen molar-refractivity contribution in [2.45, 2.75) is 25.9 Å². The number of hydrogen-bond acceptors (Lipinski definition) is 3. The van der Waals surface area contributed by atoms with E-state index in [-0.39, 0.29) is 17.8 Å². The molecule has 2 atom stereocenters. The number of aromatic hydroxyl groups is 1. The third kappa shape index (κ3) is 3.82. The minimum atomic E-state index is -0.283. The quantitative estimate of drug-likeness (QED) is 0.301. The van der Waals surface area contributed by atoms with Crippen LogP contribution in [-0.4, -0.2) is 19.8 Å². The minimum absolute atomic E-state index is 0.0973. The van der Waals surface area contributed by atoms with E-state index in [9.17, 15) is 5.11 Å². The van der Waals surface area contributed by atoms with Crippen molar-refractivity contribution < 1.29 is 5.11 Å². The van der Waals surface area contributed by atoms with Crippen LogP contribution in [0.2, 0.25) is 10.0 Å². The Morgan fingerprint density at radius 2 is 1.74 bits per heavy atom. The van der Waals surface area contributed by atoms with E-state index in [0.29, 0.717) is 20.8 Å². The maximum Gasteiger partial charge on any atom is 0.174 e. The number of rotatable bonds is 4. The first-order valence-corrected chi connectivity index (χ1v) is 12.0. The van der Waals surface area contributed by atoms with Crippen molar-refractivity contribution in [3.63, 3.8) is 0 Å². The zero-order chi connectivity index (χ0) is 24.0. The Morgan fingerprint density at radius 1 is 0.971 bits per heavy atom. The van der Waals surface area contributed by atoms with Crippen LogP contribution in [0.5, 0.6) is 5.75 Å². The van der Waals surface area contributed by atoms with Crippen molar-refractivity contribution >= 4 is 46.2 Å². The van der Waals surface area contributed by atoms with Gasteiger partial charge in [0, 0.05) is 22.6 Å². The van der Waals surface area contributed by atoms with Crippen LogP contribution in [0.1, 0.15) is 34.7 Å². The highest BCUT2D eigenvalue weighted by Crippen LogP contribution is 2.46. The summed E-state index contributed by atoms with van der Waals surface area (Å²) in [6.07, 6.45) is 1.77. The van der Waals surface area contributed by atoms with Gasteiger partial charge in [-0.2, -0.15) is 0 Å². The lowest BCUT2D eigenvalue weighted by Crippen LogP contribution is -2.29. The summed E-state index contributed by atoms with van der Waals surface area (Å²) in [5.41, 5.74) is 5.39. The zero-order valence-electron chi connectivity index (χ0n) is 18.5. The fraction of sp³-hybridized carbons (Fsp3) is 0.154. The van der Waals surface area contributed by atoms with Crippen LogP contribution >= 0.6 is 35.4 Å². The first kappa shape index (κ1) is 22.7. The standard InChI is InChI=1S/C26H22Cl2N4OS/c1-15-13-18(16(2)31(15)21-9-4-3-7-19(21)28)25-24(20-8-5-6-12-29-20)30-26(34)32(25)22-14-17(27)10-11-23(22)33/h3-14,24-25,33H,1-2H3,(H,30,34)/t24-,25+/m0/s1. The molecule has 1 saturated heterocycles. The highest BCUT2D eigenvalue weighted by atomic mass is 35.5. The summed E-state index contributed by atoms with van der Waals surface area (Å²) in [5, 5.41) is 15.8. The Kier molecular flexibility index (Phi) is 5.98. The highest BCUT2D eigenvalue weighted by molar-refractivity contribution is 7.80. The van der Waals surface area contributed by atoms with Gasteiger partial charge in [0.25, 0.3) is 0 Å². The second-order valence-electron chi connectivity index (χ2n) is 8.24. The Bertz CT molecular complexity index is 1390. The van der Waals surface area contributed by atoms with Crippen molar-refractivity contribution in [2.24, 2.45) is 0 Å². The van der Waals surface area contributed by atoms with Gasteiger partial charge in [-0.05, 0) is 80.2 Å². The molecule has 0 saturated carbocycles. The third-order valence-corrected chi connectivity index (χ3v) is 7.05. The van der Waals surface area contributed by atoms with Gasteiger partial charge in [0.05, 0.1) is 34.2 Å². The van der Waals surface area contributed by atoms with Gasteiger partial charge < -0.3 is 19.9 Å². The molecule has 1 aliphatic rings. The predicted octanol–water partition coefficient (Wildman–Crippen LogP) is 6.68. The smallest absolute Gasteiger partial charge is 0.174 e. The summed E-state index contributed by atoms with van der Waals surface area (Å²) in [6, 6.07) is 20.2. The summed E-state index contributed by atoms with van der Waals surface area (Å²) in [4.78, 5) is 6.53. The number of hydrogen-bond donors (Lipinski definition) is 2. The van der Waals surface area contributed by atoms with Crippen molar-refractivity contribution in [1.82, 2.24) is 14.9 Å². The summed E-state index contributed by atoms with van der Waals surface area (Å²) in [5.74, 6) is 0.0973. The monoisotopic (exact) mass is 508 g/mol. The zero-order valence-corrected chi connectivity index (χ0v) is 20.9. The van der Waals surface area contributed by atoms with Gasteiger partial charge in [0.15, 0.2) is 5.11 Å². The highest BCUT2D eigenvalue weighted by Gasteiger charge is 2.43. The first-order valence-electron chi connectivity index (χ1n) is 10.8. The molecule has 8 heteroatoms. The molecule has 1 fully saturated rings. The SMILES string of the molecule is Cc1cc([C@@H]2[C@H](c3ccccn3)NC(=S)N2c2cc(Cl)ccc2O)c(C)n1-c1ccccc1Cl. The lowest BCUT2D eigenvalue weighted by Gasteiger charge is -2.28. The first-order chi connectivity index (χ1) is 16.4. The fourth-order valence-electron chi connectivity index (χ4n) is 4.71. The number of phenols is 1. The second kappa shape index (κ2) is 8.95. The van der Waals surface area contributed by atoms with E-state index >= 15 is 0 Å². The second-order valence-corrected chi connectivity index (χ2v) is 9.47. The average molecular weight is 509 g/mol. The number of thiocarbonyl (C=S) groups is 1. The molecular weight excluding hydrogens is 487 g/mol. The molecule has 1 aliphatic heterocycles. The van der Waals surface area contributed by atoms with Crippen LogP contribution in [0.25, 0.3) is 5.69 Å². The van der Waals surface area contributed by atoms with Crippen LogP contribution in [0, 0.1) is 13.8 Å². The van der Waals surface area contributed by atoms with E-state index in [0.717, 1.165) is 28.3 Å². The van der Waals surface area contributed by atoms with E-state index in [1.54, 1.807) is 24.4 Å². The lowest BCUT2D eigenvalue weighted by atomic mass is 9.96. The van der Waals surface area contributed by atoms with E-state index in [1.807, 2.05) is 47.4 Å². The largest absolute Gasteiger partial charge is 0.506 e. The number of benzene rings is 2. The third-order valence-electron chi connectivity index (χ3n) is 6.18. The summed E-state index contributed by atoms with van der Waals surface area (Å²) >= 11 is 18.7. The number of nitrogens with zero attached hydrogens (tertiary/aromatic N) is 3. The number of halogens is 2. The predicted molar refractivity (Wildman–Crippen MR) is 141 cm³/mol. The molecule has 0 radical (unpaired) electrons. The van der Waals surface area contributed by atoms with Gasteiger partial charge in [0.1, 0.15) is 5.75 Å². The number of nitrogens with one attached hydrogen (secondary N) is 1. The normalized spacial score (nSPS) is 17.8. The number of phenolic OH excluding ortho intramolecular Hbond substituents is 1. The van der Waals surface area contributed by atoms with E-state index < -0.39 is 0 Å². The van der Waals surface area contributed by atoms with Crippen molar-refractivity contribution in [1.29, 1.82) is 0 Å². The van der Waals surface area contributed by atoms with Gasteiger partial charge in [-0.15, -0.1) is 0 Å². The fourth-order valence-corrected chi connectivity index (χ4v) is 5.44. The molecule has 0 bridgehead atoms. The molecule has 3 heterocycles.